The molecule has 0 aliphatic carbocycles. The van der Waals surface area contributed by atoms with E-state index in [1.165, 1.54) is 0 Å². The molecule has 0 spiro atoms. The summed E-state index contributed by atoms with van der Waals surface area (Å²) in [5.41, 5.74) is 5.14. The van der Waals surface area contributed by atoms with E-state index in [4.69, 9.17) is 5.73 Å². The minimum atomic E-state index is -0.568. The summed E-state index contributed by atoms with van der Waals surface area (Å²) in [7, 11) is 0. The number of hydrogen-bond donors (Lipinski definition) is 2. The smallest absolute Gasteiger partial charge is 0.230 e. The molecule has 1 aliphatic heterocycles. The van der Waals surface area contributed by atoms with Gasteiger partial charge in [0.25, 0.3) is 0 Å². The normalized spacial score (nSPS) is 18.9. The SMILES string of the molecule is CCCc1nc(N)nc(N2CCC(C)(O)CC2)n1. The Morgan fingerprint density at radius 1 is 1.28 bits per heavy atom. The van der Waals surface area contributed by atoms with E-state index >= 15 is 0 Å². The largest absolute Gasteiger partial charge is 0.390 e. The van der Waals surface area contributed by atoms with Gasteiger partial charge in [-0.05, 0) is 26.2 Å². The first kappa shape index (κ1) is 13.0. The van der Waals surface area contributed by atoms with Crippen LogP contribution in [0.2, 0.25) is 0 Å². The number of piperidine rings is 1. The Morgan fingerprint density at radius 3 is 2.56 bits per heavy atom. The highest BCUT2D eigenvalue weighted by Gasteiger charge is 2.28. The molecule has 1 aromatic heterocycles. The first-order valence-electron chi connectivity index (χ1n) is 6.48. The maximum Gasteiger partial charge on any atom is 0.230 e. The molecule has 0 aromatic carbocycles. The molecule has 0 amide bonds. The van der Waals surface area contributed by atoms with Crippen LogP contribution in [0.5, 0.6) is 0 Å². The van der Waals surface area contributed by atoms with Crippen LogP contribution in [0.3, 0.4) is 0 Å². The molecule has 1 aromatic rings. The monoisotopic (exact) mass is 251 g/mol. The second kappa shape index (κ2) is 5.06. The minimum Gasteiger partial charge on any atom is -0.390 e. The van der Waals surface area contributed by atoms with Gasteiger partial charge in [-0.3, -0.25) is 0 Å². The molecule has 0 unspecified atom stereocenters. The summed E-state index contributed by atoms with van der Waals surface area (Å²) in [5.74, 6) is 1.67. The molecule has 1 fully saturated rings. The van der Waals surface area contributed by atoms with E-state index in [9.17, 15) is 5.11 Å². The van der Waals surface area contributed by atoms with Crippen LogP contribution in [0, 0.1) is 0 Å². The van der Waals surface area contributed by atoms with Gasteiger partial charge >= 0.3 is 0 Å². The third-order valence-corrected chi connectivity index (χ3v) is 3.28. The van der Waals surface area contributed by atoms with Gasteiger partial charge in [-0.25, -0.2) is 0 Å². The highest BCUT2D eigenvalue weighted by atomic mass is 16.3. The average molecular weight is 251 g/mol. The van der Waals surface area contributed by atoms with Gasteiger partial charge in [0.05, 0.1) is 5.60 Å². The van der Waals surface area contributed by atoms with Crippen LogP contribution in [0.25, 0.3) is 0 Å². The number of nitrogen functional groups attached to an aromatic ring is 1. The molecule has 0 saturated carbocycles. The summed E-state index contributed by atoms with van der Waals surface area (Å²) in [6, 6.07) is 0. The Morgan fingerprint density at radius 2 is 1.94 bits per heavy atom. The van der Waals surface area contributed by atoms with E-state index in [1.807, 2.05) is 6.92 Å². The van der Waals surface area contributed by atoms with Crippen LogP contribution in [-0.2, 0) is 6.42 Å². The standard InChI is InChI=1S/C12H21N5O/c1-3-4-9-14-10(13)16-11(15-9)17-7-5-12(2,18)6-8-17/h18H,3-8H2,1-2H3,(H2,13,14,15,16). The maximum atomic E-state index is 9.93. The number of anilines is 2. The number of aryl methyl sites for hydroxylation is 1. The highest BCUT2D eigenvalue weighted by Crippen LogP contribution is 2.24. The van der Waals surface area contributed by atoms with Crippen molar-refractivity contribution in [1.29, 1.82) is 0 Å². The van der Waals surface area contributed by atoms with E-state index in [0.29, 0.717) is 5.95 Å². The summed E-state index contributed by atoms with van der Waals surface area (Å²) < 4.78 is 0. The van der Waals surface area contributed by atoms with Gasteiger partial charge in [0.2, 0.25) is 11.9 Å². The molecule has 6 nitrogen and oxygen atoms in total. The molecule has 1 aliphatic rings. The third-order valence-electron chi connectivity index (χ3n) is 3.28. The van der Waals surface area contributed by atoms with Crippen molar-refractivity contribution < 1.29 is 5.11 Å². The number of aliphatic hydroxyl groups is 1. The maximum absolute atomic E-state index is 9.93. The second-order valence-electron chi connectivity index (χ2n) is 5.14. The number of rotatable bonds is 3. The Bertz CT molecular complexity index is 411. The number of nitrogens with zero attached hydrogens (tertiary/aromatic N) is 4. The number of nitrogens with two attached hydrogens (primary N) is 1. The lowest BCUT2D eigenvalue weighted by atomic mass is 9.94. The minimum absolute atomic E-state index is 0.279. The zero-order valence-electron chi connectivity index (χ0n) is 11.1. The van der Waals surface area contributed by atoms with Crippen molar-refractivity contribution in [3.05, 3.63) is 5.82 Å². The molecule has 0 bridgehead atoms. The summed E-state index contributed by atoms with van der Waals surface area (Å²) in [6.45, 7) is 5.45. The Hall–Kier alpha value is -1.43. The fourth-order valence-electron chi connectivity index (χ4n) is 2.09. The second-order valence-corrected chi connectivity index (χ2v) is 5.14. The van der Waals surface area contributed by atoms with Gasteiger partial charge in [-0.1, -0.05) is 6.92 Å². The van der Waals surface area contributed by atoms with Gasteiger partial charge in [-0.15, -0.1) is 0 Å². The molecule has 3 N–H and O–H groups in total. The van der Waals surface area contributed by atoms with Crippen LogP contribution >= 0.6 is 0 Å². The van der Waals surface area contributed by atoms with Crippen molar-refractivity contribution in [2.75, 3.05) is 23.7 Å². The lowest BCUT2D eigenvalue weighted by Gasteiger charge is -2.35. The van der Waals surface area contributed by atoms with E-state index in [0.717, 1.165) is 44.6 Å². The van der Waals surface area contributed by atoms with Crippen LogP contribution in [0.1, 0.15) is 38.9 Å². The lowest BCUT2D eigenvalue weighted by Crippen LogP contribution is -2.43. The van der Waals surface area contributed by atoms with Gasteiger partial charge in [0.15, 0.2) is 0 Å². The van der Waals surface area contributed by atoms with Crippen molar-refractivity contribution in [2.45, 2.75) is 45.1 Å². The molecule has 1 saturated heterocycles. The highest BCUT2D eigenvalue weighted by molar-refractivity contribution is 5.35. The van der Waals surface area contributed by atoms with Crippen LogP contribution in [0.4, 0.5) is 11.9 Å². The van der Waals surface area contributed by atoms with Crippen LogP contribution < -0.4 is 10.6 Å². The molecule has 2 heterocycles. The van der Waals surface area contributed by atoms with Gasteiger partial charge < -0.3 is 15.7 Å². The first-order chi connectivity index (χ1) is 8.50. The van der Waals surface area contributed by atoms with E-state index in [-0.39, 0.29) is 5.95 Å². The molecular formula is C12H21N5O. The predicted molar refractivity (Wildman–Crippen MR) is 70.3 cm³/mol. The molecule has 0 radical (unpaired) electrons. The van der Waals surface area contributed by atoms with Crippen molar-refractivity contribution in [3.8, 4) is 0 Å². The van der Waals surface area contributed by atoms with E-state index in [2.05, 4.69) is 26.8 Å². The average Bonchev–Trinajstić information content (AvgIpc) is 2.28. The van der Waals surface area contributed by atoms with Crippen LogP contribution in [-0.4, -0.2) is 38.7 Å². The molecule has 6 heteroatoms. The van der Waals surface area contributed by atoms with Crippen LogP contribution in [0.15, 0.2) is 0 Å². The first-order valence-corrected chi connectivity index (χ1v) is 6.48. The van der Waals surface area contributed by atoms with E-state index in [1.54, 1.807) is 0 Å². The van der Waals surface area contributed by atoms with Crippen molar-refractivity contribution in [2.24, 2.45) is 0 Å². The molecule has 0 atom stereocenters. The number of hydrogen-bond acceptors (Lipinski definition) is 6. The van der Waals surface area contributed by atoms with Crippen molar-refractivity contribution in [3.63, 3.8) is 0 Å². The van der Waals surface area contributed by atoms with Crippen molar-refractivity contribution in [1.82, 2.24) is 15.0 Å². The van der Waals surface area contributed by atoms with Crippen molar-refractivity contribution >= 4 is 11.9 Å². The predicted octanol–water partition coefficient (Wildman–Crippen LogP) is 0.757. The lowest BCUT2D eigenvalue weighted by molar-refractivity contribution is 0.0349. The molecule has 18 heavy (non-hydrogen) atoms. The summed E-state index contributed by atoms with van der Waals surface area (Å²) in [6.07, 6.45) is 3.24. The fraction of sp³-hybridized carbons (Fsp3) is 0.750. The summed E-state index contributed by atoms with van der Waals surface area (Å²) in [4.78, 5) is 14.8. The molecular weight excluding hydrogens is 230 g/mol. The van der Waals surface area contributed by atoms with Gasteiger partial charge in [-0.2, -0.15) is 15.0 Å². The Kier molecular flexibility index (Phi) is 3.65. The Labute approximate surface area is 107 Å². The summed E-state index contributed by atoms with van der Waals surface area (Å²) in [5, 5.41) is 9.93. The zero-order valence-corrected chi connectivity index (χ0v) is 11.1. The topological polar surface area (TPSA) is 88.2 Å². The third kappa shape index (κ3) is 3.07. The van der Waals surface area contributed by atoms with Gasteiger partial charge in [0.1, 0.15) is 5.82 Å². The zero-order chi connectivity index (χ0) is 13.2. The Balaban J connectivity index is 2.13. The quantitative estimate of drug-likeness (QED) is 0.824. The number of aromatic nitrogens is 3. The van der Waals surface area contributed by atoms with E-state index < -0.39 is 5.60 Å². The molecule has 2 rings (SSSR count). The fourth-order valence-corrected chi connectivity index (χ4v) is 2.09. The van der Waals surface area contributed by atoms with Gasteiger partial charge in [0, 0.05) is 19.5 Å². The summed E-state index contributed by atoms with van der Waals surface area (Å²) >= 11 is 0. The molecule has 100 valence electrons.